The molecule has 19 heavy (non-hydrogen) atoms. The Kier molecular flexibility index (Phi) is 2.76. The van der Waals surface area contributed by atoms with E-state index < -0.39 is 11.3 Å². The molecule has 0 radical (unpaired) electrons. The zero-order valence-corrected chi connectivity index (χ0v) is 10.5. The summed E-state index contributed by atoms with van der Waals surface area (Å²) in [6.07, 6.45) is 0.357. The predicted molar refractivity (Wildman–Crippen MR) is 67.1 cm³/mol. The standard InChI is InChI=1S/C11H15N5O3/c1-7-11(18,4-5-19-7)6-12-8-2-3-9-13-14-10(17)16(9)15-8/h2-3,7,18H,4-6H2,1H3,(H,12,15)(H,14,17). The van der Waals surface area contributed by atoms with Crippen molar-refractivity contribution in [1.82, 2.24) is 19.8 Å². The molecular formula is C11H15N5O3. The van der Waals surface area contributed by atoms with Crippen LogP contribution in [0.2, 0.25) is 0 Å². The lowest BCUT2D eigenvalue weighted by molar-refractivity contribution is -0.0176. The summed E-state index contributed by atoms with van der Waals surface area (Å²) in [5.41, 5.74) is -0.848. The molecule has 2 aromatic rings. The highest BCUT2D eigenvalue weighted by atomic mass is 16.5. The van der Waals surface area contributed by atoms with Crippen LogP contribution in [0.5, 0.6) is 0 Å². The first-order chi connectivity index (χ1) is 9.08. The number of ether oxygens (including phenoxy) is 1. The average Bonchev–Trinajstić information content (AvgIpc) is 2.93. The summed E-state index contributed by atoms with van der Waals surface area (Å²) in [5.74, 6) is 0.503. The third-order valence-electron chi connectivity index (χ3n) is 3.51. The molecule has 2 atom stereocenters. The molecule has 3 N–H and O–H groups in total. The van der Waals surface area contributed by atoms with Crippen molar-refractivity contribution in [2.45, 2.75) is 25.0 Å². The number of rotatable bonds is 3. The Labute approximate surface area is 108 Å². The number of nitrogens with one attached hydrogen (secondary N) is 2. The molecule has 1 saturated heterocycles. The lowest BCUT2D eigenvalue weighted by Gasteiger charge is -2.26. The van der Waals surface area contributed by atoms with E-state index >= 15 is 0 Å². The van der Waals surface area contributed by atoms with E-state index in [1.54, 1.807) is 12.1 Å². The Morgan fingerprint density at radius 3 is 3.26 bits per heavy atom. The third-order valence-corrected chi connectivity index (χ3v) is 3.51. The van der Waals surface area contributed by atoms with Crippen LogP contribution in [-0.2, 0) is 4.74 Å². The fourth-order valence-electron chi connectivity index (χ4n) is 2.14. The van der Waals surface area contributed by atoms with E-state index in [2.05, 4.69) is 20.6 Å². The van der Waals surface area contributed by atoms with Gasteiger partial charge in [0.1, 0.15) is 11.4 Å². The lowest BCUT2D eigenvalue weighted by atomic mass is 9.97. The SMILES string of the molecule is CC1OCCC1(O)CNc1ccc2n[nH]c(=O)n2n1. The van der Waals surface area contributed by atoms with Crippen molar-refractivity contribution in [2.24, 2.45) is 0 Å². The van der Waals surface area contributed by atoms with Gasteiger partial charge in [0.2, 0.25) is 0 Å². The normalized spacial score (nSPS) is 26.9. The monoisotopic (exact) mass is 265 g/mol. The Morgan fingerprint density at radius 2 is 2.53 bits per heavy atom. The second kappa shape index (κ2) is 4.32. The van der Waals surface area contributed by atoms with Gasteiger partial charge in [0.15, 0.2) is 5.65 Å². The quantitative estimate of drug-likeness (QED) is 0.682. The molecule has 0 aromatic carbocycles. The van der Waals surface area contributed by atoms with E-state index in [0.717, 1.165) is 0 Å². The number of aromatic nitrogens is 4. The largest absolute Gasteiger partial charge is 0.385 e. The lowest BCUT2D eigenvalue weighted by Crippen LogP contribution is -2.43. The number of nitrogens with zero attached hydrogens (tertiary/aromatic N) is 3. The number of hydrogen-bond acceptors (Lipinski definition) is 6. The molecule has 0 saturated carbocycles. The summed E-state index contributed by atoms with van der Waals surface area (Å²) < 4.78 is 6.52. The molecule has 0 bridgehead atoms. The van der Waals surface area contributed by atoms with E-state index in [4.69, 9.17) is 4.74 Å². The molecule has 102 valence electrons. The number of anilines is 1. The van der Waals surface area contributed by atoms with Crippen LogP contribution in [0.1, 0.15) is 13.3 Å². The van der Waals surface area contributed by atoms with Gasteiger partial charge in [0.25, 0.3) is 0 Å². The van der Waals surface area contributed by atoms with Gasteiger partial charge in [-0.05, 0) is 19.1 Å². The molecule has 3 rings (SSSR count). The van der Waals surface area contributed by atoms with Crippen molar-refractivity contribution < 1.29 is 9.84 Å². The molecule has 2 unspecified atom stereocenters. The molecule has 0 aliphatic carbocycles. The van der Waals surface area contributed by atoms with E-state index in [-0.39, 0.29) is 6.10 Å². The number of hydrogen-bond donors (Lipinski definition) is 3. The predicted octanol–water partition coefficient (Wildman–Crippen LogP) is -0.631. The smallest absolute Gasteiger partial charge is 0.364 e. The van der Waals surface area contributed by atoms with Gasteiger partial charge in [-0.3, -0.25) is 0 Å². The molecule has 8 heteroatoms. The van der Waals surface area contributed by atoms with Gasteiger partial charge in [-0.2, -0.15) is 9.61 Å². The van der Waals surface area contributed by atoms with E-state index in [9.17, 15) is 9.90 Å². The summed E-state index contributed by atoms with van der Waals surface area (Å²) in [6.45, 7) is 2.71. The fourth-order valence-corrected chi connectivity index (χ4v) is 2.14. The van der Waals surface area contributed by atoms with Crippen LogP contribution in [0, 0.1) is 0 Å². The first-order valence-corrected chi connectivity index (χ1v) is 6.11. The van der Waals surface area contributed by atoms with Crippen molar-refractivity contribution in [1.29, 1.82) is 0 Å². The minimum atomic E-state index is -0.905. The second-order valence-corrected chi connectivity index (χ2v) is 4.74. The van der Waals surface area contributed by atoms with Crippen LogP contribution in [0.4, 0.5) is 5.82 Å². The number of H-pyrrole nitrogens is 1. The molecule has 8 nitrogen and oxygen atoms in total. The Bertz CT molecular complexity index is 651. The highest BCUT2D eigenvalue weighted by molar-refractivity contribution is 5.43. The molecule has 0 spiro atoms. The zero-order chi connectivity index (χ0) is 13.5. The highest BCUT2D eigenvalue weighted by Gasteiger charge is 2.39. The van der Waals surface area contributed by atoms with E-state index in [1.807, 2.05) is 6.92 Å². The minimum Gasteiger partial charge on any atom is -0.385 e. The first kappa shape index (κ1) is 12.1. The van der Waals surface area contributed by atoms with Crippen molar-refractivity contribution in [3.63, 3.8) is 0 Å². The van der Waals surface area contributed by atoms with Gasteiger partial charge in [-0.15, -0.1) is 5.10 Å². The van der Waals surface area contributed by atoms with Crippen molar-refractivity contribution in [2.75, 3.05) is 18.5 Å². The van der Waals surface area contributed by atoms with Crippen molar-refractivity contribution in [3.05, 3.63) is 22.6 Å². The van der Waals surface area contributed by atoms with Gasteiger partial charge >= 0.3 is 5.69 Å². The van der Waals surface area contributed by atoms with Gasteiger partial charge in [-0.25, -0.2) is 9.89 Å². The summed E-state index contributed by atoms with van der Waals surface area (Å²) in [6, 6.07) is 3.38. The van der Waals surface area contributed by atoms with Crippen LogP contribution < -0.4 is 11.0 Å². The highest BCUT2D eigenvalue weighted by Crippen LogP contribution is 2.25. The Balaban J connectivity index is 1.78. The van der Waals surface area contributed by atoms with Gasteiger partial charge in [0.05, 0.1) is 6.10 Å². The molecule has 0 amide bonds. The minimum absolute atomic E-state index is 0.222. The first-order valence-electron chi connectivity index (χ1n) is 6.11. The van der Waals surface area contributed by atoms with Gasteiger partial charge in [-0.1, -0.05) is 0 Å². The Morgan fingerprint density at radius 1 is 1.68 bits per heavy atom. The van der Waals surface area contributed by atoms with Gasteiger partial charge in [0, 0.05) is 19.6 Å². The molecule has 3 heterocycles. The average molecular weight is 265 g/mol. The van der Waals surface area contributed by atoms with Crippen LogP contribution >= 0.6 is 0 Å². The van der Waals surface area contributed by atoms with Crippen LogP contribution in [-0.4, -0.2) is 49.8 Å². The van der Waals surface area contributed by atoms with Crippen molar-refractivity contribution >= 4 is 11.5 Å². The summed E-state index contributed by atoms with van der Waals surface area (Å²) in [7, 11) is 0. The molecule has 2 aromatic heterocycles. The number of aromatic amines is 1. The van der Waals surface area contributed by atoms with Crippen LogP contribution in [0.15, 0.2) is 16.9 Å². The maximum atomic E-state index is 11.4. The van der Waals surface area contributed by atoms with Gasteiger partial charge < -0.3 is 15.2 Å². The van der Waals surface area contributed by atoms with E-state index in [0.29, 0.717) is 31.0 Å². The molecule has 1 fully saturated rings. The summed E-state index contributed by atoms with van der Waals surface area (Å²) in [4.78, 5) is 11.4. The summed E-state index contributed by atoms with van der Waals surface area (Å²) in [5, 5.41) is 23.6. The maximum absolute atomic E-state index is 11.4. The van der Waals surface area contributed by atoms with Crippen molar-refractivity contribution in [3.8, 4) is 0 Å². The summed E-state index contributed by atoms with van der Waals surface area (Å²) >= 11 is 0. The van der Waals surface area contributed by atoms with Crippen LogP contribution in [0.3, 0.4) is 0 Å². The number of fused-ring (bicyclic) bond motifs is 1. The van der Waals surface area contributed by atoms with Crippen LogP contribution in [0.25, 0.3) is 5.65 Å². The maximum Gasteiger partial charge on any atom is 0.364 e. The topological polar surface area (TPSA) is 105 Å². The Hall–Kier alpha value is -1.93. The molecule has 1 aliphatic rings. The second-order valence-electron chi connectivity index (χ2n) is 4.74. The molecular weight excluding hydrogens is 250 g/mol. The fraction of sp³-hybridized carbons (Fsp3) is 0.545. The third kappa shape index (κ3) is 2.08. The number of aliphatic hydroxyl groups is 1. The molecule has 1 aliphatic heterocycles. The van der Waals surface area contributed by atoms with E-state index in [1.165, 1.54) is 4.52 Å². The zero-order valence-electron chi connectivity index (χ0n) is 10.5.